The molecule has 2 aliphatic rings. The van der Waals surface area contributed by atoms with Gasteiger partial charge in [0.2, 0.25) is 12.7 Å². The molecule has 0 spiro atoms. The Morgan fingerprint density at radius 3 is 2.70 bits per heavy atom. The molecule has 3 heterocycles. The highest BCUT2D eigenvalue weighted by atomic mass is 16.7. The van der Waals surface area contributed by atoms with Gasteiger partial charge < -0.3 is 25.0 Å². The van der Waals surface area contributed by atoms with E-state index < -0.39 is 5.41 Å². The Hall–Kier alpha value is -3.58. The Labute approximate surface area is 193 Å². The van der Waals surface area contributed by atoms with E-state index in [-0.39, 0.29) is 12.7 Å². The van der Waals surface area contributed by atoms with Crippen LogP contribution >= 0.6 is 0 Å². The third-order valence-corrected chi connectivity index (χ3v) is 6.24. The summed E-state index contributed by atoms with van der Waals surface area (Å²) >= 11 is 0. The third-order valence-electron chi connectivity index (χ3n) is 6.24. The number of amides is 1. The fourth-order valence-electron chi connectivity index (χ4n) is 4.55. The second kappa shape index (κ2) is 8.75. The van der Waals surface area contributed by atoms with E-state index in [9.17, 15) is 4.79 Å². The van der Waals surface area contributed by atoms with Gasteiger partial charge in [0.25, 0.3) is 0 Å². The van der Waals surface area contributed by atoms with Crippen molar-refractivity contribution < 1.29 is 14.3 Å². The minimum atomic E-state index is -0.761. The van der Waals surface area contributed by atoms with E-state index in [2.05, 4.69) is 33.7 Å². The van der Waals surface area contributed by atoms with Gasteiger partial charge in [0.05, 0.1) is 5.69 Å². The number of aromatic nitrogens is 1. The molecular weight excluding hydrogens is 416 g/mol. The number of rotatable bonds is 6. The number of nitrogens with zero attached hydrogens (tertiary/aromatic N) is 2. The van der Waals surface area contributed by atoms with Crippen molar-refractivity contribution in [3.05, 3.63) is 83.0 Å². The molecule has 0 radical (unpaired) electrons. The van der Waals surface area contributed by atoms with Gasteiger partial charge >= 0.3 is 0 Å². The van der Waals surface area contributed by atoms with Crippen molar-refractivity contribution in [1.29, 1.82) is 0 Å². The topological polar surface area (TPSA) is 75.7 Å². The SMILES string of the molecule is CN1Cc2ccc(NCc3ccccc3)nc2C(C)(C(=O)NCc2ccc3c(c2)OCO3)C1. The zero-order valence-corrected chi connectivity index (χ0v) is 18.9. The molecule has 0 saturated heterocycles. The van der Waals surface area contributed by atoms with Crippen LogP contribution in [0.25, 0.3) is 0 Å². The first-order valence-electron chi connectivity index (χ1n) is 11.1. The van der Waals surface area contributed by atoms with Crippen molar-refractivity contribution in [2.45, 2.75) is 32.0 Å². The van der Waals surface area contributed by atoms with Crippen LogP contribution in [0.2, 0.25) is 0 Å². The zero-order valence-electron chi connectivity index (χ0n) is 18.9. The molecule has 0 aliphatic carbocycles. The summed E-state index contributed by atoms with van der Waals surface area (Å²) in [5, 5.41) is 6.52. The fraction of sp³-hybridized carbons (Fsp3) is 0.308. The Kier molecular flexibility index (Phi) is 5.64. The van der Waals surface area contributed by atoms with Crippen molar-refractivity contribution in [1.82, 2.24) is 15.2 Å². The van der Waals surface area contributed by atoms with Gasteiger partial charge in [0, 0.05) is 26.2 Å². The monoisotopic (exact) mass is 444 g/mol. The van der Waals surface area contributed by atoms with Gasteiger partial charge in [0.15, 0.2) is 11.5 Å². The molecule has 1 aromatic heterocycles. The van der Waals surface area contributed by atoms with Crippen LogP contribution < -0.4 is 20.1 Å². The summed E-state index contributed by atoms with van der Waals surface area (Å²) in [6.45, 7) is 4.67. The number of fused-ring (bicyclic) bond motifs is 2. The lowest BCUT2D eigenvalue weighted by atomic mass is 9.79. The first-order valence-corrected chi connectivity index (χ1v) is 11.1. The summed E-state index contributed by atoms with van der Waals surface area (Å²) in [4.78, 5) is 20.5. The molecule has 2 aliphatic heterocycles. The van der Waals surface area contributed by atoms with E-state index in [0.717, 1.165) is 34.9 Å². The molecule has 33 heavy (non-hydrogen) atoms. The number of hydrogen-bond acceptors (Lipinski definition) is 6. The van der Waals surface area contributed by atoms with Crippen LogP contribution in [0.4, 0.5) is 5.82 Å². The van der Waals surface area contributed by atoms with Crippen molar-refractivity contribution in [2.75, 3.05) is 25.7 Å². The highest BCUT2D eigenvalue weighted by molar-refractivity contribution is 5.88. The van der Waals surface area contributed by atoms with Gasteiger partial charge in [-0.05, 0) is 48.9 Å². The summed E-state index contributed by atoms with van der Waals surface area (Å²) in [5.74, 6) is 2.18. The van der Waals surface area contributed by atoms with Gasteiger partial charge in [-0.2, -0.15) is 0 Å². The first kappa shape index (κ1) is 21.3. The average molecular weight is 445 g/mol. The van der Waals surface area contributed by atoms with Gasteiger partial charge in [-0.1, -0.05) is 42.5 Å². The fourth-order valence-corrected chi connectivity index (χ4v) is 4.55. The number of hydrogen-bond donors (Lipinski definition) is 2. The lowest BCUT2D eigenvalue weighted by molar-refractivity contribution is -0.127. The molecule has 0 bridgehead atoms. The van der Waals surface area contributed by atoms with E-state index in [4.69, 9.17) is 14.5 Å². The van der Waals surface area contributed by atoms with Crippen molar-refractivity contribution in [3.8, 4) is 11.5 Å². The van der Waals surface area contributed by atoms with Crippen LogP contribution in [0.15, 0.2) is 60.7 Å². The van der Waals surface area contributed by atoms with Crippen LogP contribution in [0, 0.1) is 0 Å². The molecule has 2 aromatic carbocycles. The molecule has 2 N–H and O–H groups in total. The minimum absolute atomic E-state index is 0.0410. The van der Waals surface area contributed by atoms with Crippen LogP contribution in [0.3, 0.4) is 0 Å². The highest BCUT2D eigenvalue weighted by Gasteiger charge is 2.42. The summed E-state index contributed by atoms with van der Waals surface area (Å²) < 4.78 is 10.8. The van der Waals surface area contributed by atoms with E-state index in [1.165, 1.54) is 5.56 Å². The lowest BCUT2D eigenvalue weighted by Gasteiger charge is -2.38. The number of carbonyl (C=O) groups excluding carboxylic acids is 1. The molecular formula is C26H28N4O3. The molecule has 1 atom stereocenters. The molecule has 3 aromatic rings. The second-order valence-electron chi connectivity index (χ2n) is 8.92. The maximum absolute atomic E-state index is 13.5. The smallest absolute Gasteiger partial charge is 0.233 e. The van der Waals surface area contributed by atoms with Gasteiger partial charge in [-0.15, -0.1) is 0 Å². The number of pyridine rings is 1. The van der Waals surface area contributed by atoms with E-state index in [1.807, 2.05) is 56.4 Å². The zero-order chi connectivity index (χ0) is 22.8. The predicted octanol–water partition coefficient (Wildman–Crippen LogP) is 3.44. The Bertz CT molecular complexity index is 1170. The number of nitrogens with one attached hydrogen (secondary N) is 2. The highest BCUT2D eigenvalue weighted by Crippen LogP contribution is 2.34. The van der Waals surface area contributed by atoms with E-state index in [1.54, 1.807) is 0 Å². The van der Waals surface area contributed by atoms with Gasteiger partial charge in [0.1, 0.15) is 11.2 Å². The van der Waals surface area contributed by atoms with Gasteiger partial charge in [-0.25, -0.2) is 4.98 Å². The maximum atomic E-state index is 13.5. The lowest BCUT2D eigenvalue weighted by Crippen LogP contribution is -2.52. The largest absolute Gasteiger partial charge is 0.454 e. The predicted molar refractivity (Wildman–Crippen MR) is 126 cm³/mol. The molecule has 7 nitrogen and oxygen atoms in total. The summed E-state index contributed by atoms with van der Waals surface area (Å²) in [7, 11) is 2.04. The maximum Gasteiger partial charge on any atom is 0.233 e. The summed E-state index contributed by atoms with van der Waals surface area (Å²) in [5.41, 5.74) is 3.30. The third kappa shape index (κ3) is 4.36. The number of ether oxygens (including phenoxy) is 2. The van der Waals surface area contributed by atoms with Crippen molar-refractivity contribution in [3.63, 3.8) is 0 Å². The number of anilines is 1. The molecule has 170 valence electrons. The quantitative estimate of drug-likeness (QED) is 0.607. The number of likely N-dealkylation sites (N-methyl/N-ethyl adjacent to an activating group) is 1. The van der Waals surface area contributed by atoms with Crippen LogP contribution in [0.5, 0.6) is 11.5 Å². The van der Waals surface area contributed by atoms with Crippen molar-refractivity contribution in [2.24, 2.45) is 0 Å². The van der Waals surface area contributed by atoms with Crippen LogP contribution in [0.1, 0.15) is 29.3 Å². The van der Waals surface area contributed by atoms with Crippen LogP contribution in [-0.4, -0.2) is 36.2 Å². The van der Waals surface area contributed by atoms with Crippen molar-refractivity contribution >= 4 is 11.7 Å². The second-order valence-corrected chi connectivity index (χ2v) is 8.92. The molecule has 5 rings (SSSR count). The Morgan fingerprint density at radius 2 is 1.85 bits per heavy atom. The van der Waals surface area contributed by atoms with Gasteiger partial charge in [-0.3, -0.25) is 4.79 Å². The molecule has 7 heteroatoms. The molecule has 0 fully saturated rings. The summed E-state index contributed by atoms with van der Waals surface area (Å²) in [6, 6.07) is 20.0. The molecule has 1 amide bonds. The summed E-state index contributed by atoms with van der Waals surface area (Å²) in [6.07, 6.45) is 0. The number of carbonyl (C=O) groups is 1. The minimum Gasteiger partial charge on any atom is -0.454 e. The van der Waals surface area contributed by atoms with Crippen LogP contribution in [-0.2, 0) is 29.8 Å². The van der Waals surface area contributed by atoms with E-state index >= 15 is 0 Å². The standard InChI is InChI=1S/C26H28N4O3/c1-26(25(31)28-14-19-8-10-21-22(12-19)33-17-32-21)16-30(2)15-20-9-11-23(29-24(20)26)27-13-18-6-4-3-5-7-18/h3-12H,13-17H2,1-2H3,(H,27,29)(H,28,31). The molecule has 0 saturated carbocycles. The molecule has 1 unspecified atom stereocenters. The normalized spacial score (nSPS) is 19.1. The van der Waals surface area contributed by atoms with E-state index in [0.29, 0.717) is 25.4 Å². The Morgan fingerprint density at radius 1 is 1.03 bits per heavy atom. The average Bonchev–Trinajstić information content (AvgIpc) is 3.30. The first-order chi connectivity index (χ1) is 16.0. The number of benzene rings is 2. The Balaban J connectivity index is 1.34.